The summed E-state index contributed by atoms with van der Waals surface area (Å²) in [7, 11) is 0. The Bertz CT molecular complexity index is 799. The van der Waals surface area contributed by atoms with Crippen LogP contribution in [0.1, 0.15) is 18.9 Å². The second-order valence-corrected chi connectivity index (χ2v) is 6.89. The van der Waals surface area contributed by atoms with Crippen LogP contribution in [0.2, 0.25) is 0 Å². The second-order valence-electron chi connectivity index (χ2n) is 4.78. The Kier molecular flexibility index (Phi) is 3.81. The van der Waals surface area contributed by atoms with Crippen molar-refractivity contribution in [3.05, 3.63) is 46.3 Å². The molecule has 0 saturated heterocycles. The van der Waals surface area contributed by atoms with E-state index in [1.165, 1.54) is 30.9 Å². The minimum absolute atomic E-state index is 1.00. The molecule has 0 aliphatic rings. The van der Waals surface area contributed by atoms with Crippen molar-refractivity contribution in [1.82, 2.24) is 0 Å². The zero-order valence-corrected chi connectivity index (χ0v) is 13.6. The van der Waals surface area contributed by atoms with Gasteiger partial charge in [-0.15, -0.1) is 11.8 Å². The third-order valence-electron chi connectivity index (χ3n) is 3.58. The lowest BCUT2D eigenvalue weighted by Gasteiger charge is -1.98. The smallest absolute Gasteiger partial charge is 0.182 e. The molecule has 1 heterocycles. The highest BCUT2D eigenvalue weighted by molar-refractivity contribution is 8.02. The predicted octanol–water partition coefficient (Wildman–Crippen LogP) is 5.09. The molecule has 2 aromatic carbocycles. The molecule has 0 aliphatic heterocycles. The van der Waals surface area contributed by atoms with Crippen molar-refractivity contribution < 1.29 is 4.57 Å². The maximum Gasteiger partial charge on any atom is 0.263 e. The predicted molar refractivity (Wildman–Crippen MR) is 92.4 cm³/mol. The van der Waals surface area contributed by atoms with Gasteiger partial charge < -0.3 is 0 Å². The standard InChI is InChI=1S/C17H18NS2/c1-4-18-16(11-12(2)19-3)20-15-10-9-13-7-5-6-8-14(13)17(15)18/h5-11H,4H2,1-3H3/q+1/b12-11-. The minimum atomic E-state index is 1.00. The average molecular weight is 300 g/mol. The number of thioether (sulfide) groups is 1. The normalized spacial score (nSPS) is 12.4. The summed E-state index contributed by atoms with van der Waals surface area (Å²) in [5.74, 6) is 0. The van der Waals surface area contributed by atoms with Gasteiger partial charge in [0.1, 0.15) is 11.2 Å². The fourth-order valence-corrected chi connectivity index (χ4v) is 4.08. The summed E-state index contributed by atoms with van der Waals surface area (Å²) in [4.78, 5) is 1.35. The van der Waals surface area contributed by atoms with E-state index >= 15 is 0 Å². The van der Waals surface area contributed by atoms with E-state index in [1.54, 1.807) is 11.8 Å². The van der Waals surface area contributed by atoms with E-state index < -0.39 is 0 Å². The van der Waals surface area contributed by atoms with E-state index in [1.807, 2.05) is 11.3 Å². The third-order valence-corrected chi connectivity index (χ3v) is 5.44. The van der Waals surface area contributed by atoms with E-state index in [0.717, 1.165) is 6.54 Å². The molecule has 0 amide bonds. The summed E-state index contributed by atoms with van der Waals surface area (Å²) in [6.07, 6.45) is 4.43. The summed E-state index contributed by atoms with van der Waals surface area (Å²) in [6.45, 7) is 5.40. The van der Waals surface area contributed by atoms with Crippen LogP contribution in [-0.2, 0) is 6.54 Å². The Balaban J connectivity index is 2.37. The van der Waals surface area contributed by atoms with Crippen LogP contribution in [0.4, 0.5) is 0 Å². The molecule has 0 fully saturated rings. The Morgan fingerprint density at radius 2 is 2.05 bits per heavy atom. The lowest BCUT2D eigenvalue weighted by atomic mass is 10.1. The lowest BCUT2D eigenvalue weighted by Crippen LogP contribution is -2.33. The van der Waals surface area contributed by atoms with Crippen molar-refractivity contribution in [2.45, 2.75) is 20.4 Å². The largest absolute Gasteiger partial charge is 0.263 e. The molecule has 1 nitrogen and oxygen atoms in total. The number of rotatable bonds is 3. The number of aryl methyl sites for hydroxylation is 1. The first kappa shape index (κ1) is 13.7. The summed E-state index contributed by atoms with van der Waals surface area (Å²) in [5, 5.41) is 4.01. The molecule has 0 aliphatic carbocycles. The van der Waals surface area contributed by atoms with Crippen molar-refractivity contribution in [3.8, 4) is 0 Å². The van der Waals surface area contributed by atoms with Crippen LogP contribution in [-0.4, -0.2) is 6.26 Å². The molecular formula is C17H18NS2+. The highest BCUT2D eigenvalue weighted by Crippen LogP contribution is 2.29. The zero-order chi connectivity index (χ0) is 14.1. The number of thiazole rings is 1. The second kappa shape index (κ2) is 5.58. The SMILES string of the molecule is CC[n+]1c(/C=C(/C)SC)sc2ccc3ccccc3c21. The number of aromatic nitrogens is 1. The van der Waals surface area contributed by atoms with Crippen molar-refractivity contribution in [2.75, 3.05) is 6.26 Å². The van der Waals surface area contributed by atoms with Gasteiger partial charge in [-0.1, -0.05) is 35.6 Å². The Morgan fingerprint density at radius 1 is 1.25 bits per heavy atom. The van der Waals surface area contributed by atoms with Crippen molar-refractivity contribution >= 4 is 50.2 Å². The maximum atomic E-state index is 2.43. The van der Waals surface area contributed by atoms with Gasteiger partial charge in [0.25, 0.3) is 5.01 Å². The molecule has 0 spiro atoms. The van der Waals surface area contributed by atoms with Crippen molar-refractivity contribution in [1.29, 1.82) is 0 Å². The highest BCUT2D eigenvalue weighted by Gasteiger charge is 2.19. The van der Waals surface area contributed by atoms with Gasteiger partial charge in [0.05, 0.1) is 5.39 Å². The van der Waals surface area contributed by atoms with Crippen LogP contribution in [0.5, 0.6) is 0 Å². The molecule has 0 saturated carbocycles. The van der Waals surface area contributed by atoms with Gasteiger partial charge in [-0.05, 0) is 42.5 Å². The summed E-state index contributed by atoms with van der Waals surface area (Å²) < 4.78 is 3.80. The molecule has 0 radical (unpaired) electrons. The van der Waals surface area contributed by atoms with E-state index in [9.17, 15) is 0 Å². The number of fused-ring (bicyclic) bond motifs is 3. The van der Waals surface area contributed by atoms with Gasteiger partial charge in [0.15, 0.2) is 0 Å². The topological polar surface area (TPSA) is 3.88 Å². The lowest BCUT2D eigenvalue weighted by molar-refractivity contribution is -0.664. The maximum absolute atomic E-state index is 2.43. The molecular weight excluding hydrogens is 282 g/mol. The number of hydrogen-bond donors (Lipinski definition) is 0. The van der Waals surface area contributed by atoms with Crippen LogP contribution < -0.4 is 4.57 Å². The van der Waals surface area contributed by atoms with Crippen molar-refractivity contribution in [3.63, 3.8) is 0 Å². The number of hydrogen-bond acceptors (Lipinski definition) is 2. The fraction of sp³-hybridized carbons (Fsp3) is 0.235. The number of benzene rings is 2. The van der Waals surface area contributed by atoms with Crippen LogP contribution >= 0.6 is 23.1 Å². The average Bonchev–Trinajstić information content (AvgIpc) is 2.84. The van der Waals surface area contributed by atoms with Crippen LogP contribution in [0.3, 0.4) is 0 Å². The molecule has 1 aromatic heterocycles. The van der Waals surface area contributed by atoms with E-state index in [0.29, 0.717) is 0 Å². The fourth-order valence-electron chi connectivity index (χ4n) is 2.53. The van der Waals surface area contributed by atoms with Gasteiger partial charge in [-0.3, -0.25) is 0 Å². The van der Waals surface area contributed by atoms with Gasteiger partial charge in [-0.25, -0.2) is 0 Å². The van der Waals surface area contributed by atoms with Gasteiger partial charge >= 0.3 is 0 Å². The monoisotopic (exact) mass is 300 g/mol. The van der Waals surface area contributed by atoms with E-state index in [4.69, 9.17) is 0 Å². The van der Waals surface area contributed by atoms with E-state index in [-0.39, 0.29) is 0 Å². The van der Waals surface area contributed by atoms with Gasteiger partial charge in [0, 0.05) is 6.08 Å². The molecule has 0 N–H and O–H groups in total. The molecule has 102 valence electrons. The Hall–Kier alpha value is -1.32. The first-order valence-electron chi connectivity index (χ1n) is 6.81. The Labute approximate surface area is 127 Å². The molecule has 0 bridgehead atoms. The van der Waals surface area contributed by atoms with E-state index in [2.05, 4.69) is 67.1 Å². The van der Waals surface area contributed by atoms with Gasteiger partial charge in [-0.2, -0.15) is 4.57 Å². The molecule has 20 heavy (non-hydrogen) atoms. The Morgan fingerprint density at radius 3 is 2.80 bits per heavy atom. The van der Waals surface area contributed by atoms with Crippen molar-refractivity contribution in [2.24, 2.45) is 0 Å². The number of allylic oxidation sites excluding steroid dienone is 1. The molecule has 3 heteroatoms. The molecule has 3 aromatic rings. The molecule has 0 atom stereocenters. The van der Waals surface area contributed by atoms with Crippen LogP contribution in [0, 0.1) is 0 Å². The first-order chi connectivity index (χ1) is 9.74. The van der Waals surface area contributed by atoms with Crippen LogP contribution in [0.25, 0.3) is 27.1 Å². The van der Waals surface area contributed by atoms with Crippen LogP contribution in [0.15, 0.2) is 41.3 Å². The summed E-state index contributed by atoms with van der Waals surface area (Å²) in [5.41, 5.74) is 1.37. The summed E-state index contributed by atoms with van der Waals surface area (Å²) >= 11 is 3.69. The zero-order valence-electron chi connectivity index (χ0n) is 12.0. The summed E-state index contributed by atoms with van der Waals surface area (Å²) in [6, 6.07) is 13.1. The quantitative estimate of drug-likeness (QED) is 0.610. The third kappa shape index (κ3) is 2.25. The number of nitrogens with zero attached hydrogens (tertiary/aromatic N) is 1. The molecule has 3 rings (SSSR count). The minimum Gasteiger partial charge on any atom is -0.182 e. The molecule has 0 unspecified atom stereocenters. The highest BCUT2D eigenvalue weighted by atomic mass is 32.2. The first-order valence-corrected chi connectivity index (χ1v) is 8.85. The van der Waals surface area contributed by atoms with Gasteiger partial charge in [0.2, 0.25) is 5.52 Å².